The normalized spacial score (nSPS) is 23.7. The van der Waals surface area contributed by atoms with E-state index in [1.165, 1.54) is 15.3 Å². The van der Waals surface area contributed by atoms with E-state index in [4.69, 9.17) is 0 Å². The minimum absolute atomic E-state index is 0.0527. The summed E-state index contributed by atoms with van der Waals surface area (Å²) in [4.78, 5) is 69.8. The minimum atomic E-state index is -3.83. The maximum atomic E-state index is 14.5. The van der Waals surface area contributed by atoms with Crippen LogP contribution in [-0.4, -0.2) is 97.5 Å². The van der Waals surface area contributed by atoms with Crippen molar-refractivity contribution in [2.75, 3.05) is 26.2 Å². The van der Waals surface area contributed by atoms with E-state index in [0.717, 1.165) is 12.8 Å². The van der Waals surface area contributed by atoms with Crippen LogP contribution in [-0.2, 0) is 29.2 Å². The summed E-state index contributed by atoms with van der Waals surface area (Å²) < 4.78 is 28.9. The smallest absolute Gasteiger partial charge is 0.315 e. The molecular weight excluding hydrogens is 697 g/mol. The van der Waals surface area contributed by atoms with Gasteiger partial charge in [-0.25, -0.2) is 13.2 Å². The minimum Gasteiger partial charge on any atom is -0.346 e. The van der Waals surface area contributed by atoms with Crippen molar-refractivity contribution in [1.29, 1.82) is 0 Å². The van der Waals surface area contributed by atoms with Crippen LogP contribution < -0.4 is 21.3 Å². The van der Waals surface area contributed by atoms with Crippen LogP contribution in [0.5, 0.6) is 0 Å². The molecular formula is C39H58N6O7S. The number of Topliss-reactive ketones (excluding diaryl/α,β-unsaturated/α-hetero) is 1. The van der Waals surface area contributed by atoms with Crippen LogP contribution in [0, 0.1) is 40.4 Å². The molecule has 1 aliphatic heterocycles. The molecule has 6 atom stereocenters. The Morgan fingerprint density at radius 1 is 1.00 bits per heavy atom. The summed E-state index contributed by atoms with van der Waals surface area (Å²) in [6.45, 7) is 17.8. The number of carbonyl (C=O) groups excluding carboxylic acids is 5. The van der Waals surface area contributed by atoms with Crippen molar-refractivity contribution in [2.45, 2.75) is 103 Å². The van der Waals surface area contributed by atoms with Crippen molar-refractivity contribution in [3.05, 3.63) is 43.0 Å². The number of likely N-dealkylation sites (tertiary alicyclic amines) is 1. The van der Waals surface area contributed by atoms with E-state index >= 15 is 0 Å². The van der Waals surface area contributed by atoms with E-state index in [9.17, 15) is 32.4 Å². The standard InChI is InChI=1S/C39H58N6O7S/c1-9-19-40-35(48)32(46)30(25-17-18-25)42-34(47)31-29-27(39(29,7)8)21-45(31)36(49)33(38(4,5)6)43-37(50)41-28(23(2)3)22-44(20-24-15-16-24)53(51,52)26-13-11-10-12-14-26/h9-14,23-25,27-31,33H,1,15-22H2,2-8H3,(H,40,48)(H,42,47)(H2,41,43,50)/t27-,28+,29-,30?,31-,33+/m0/s1. The highest BCUT2D eigenvalue weighted by Gasteiger charge is 2.70. The van der Waals surface area contributed by atoms with E-state index in [1.54, 1.807) is 30.3 Å². The number of urea groups is 1. The van der Waals surface area contributed by atoms with Crippen LogP contribution in [0.15, 0.2) is 47.9 Å². The van der Waals surface area contributed by atoms with Gasteiger partial charge in [0, 0.05) is 32.2 Å². The monoisotopic (exact) mass is 754 g/mol. The lowest BCUT2D eigenvalue weighted by molar-refractivity contribution is -0.145. The average Bonchev–Trinajstić information content (AvgIpc) is 4.05. The van der Waals surface area contributed by atoms with Gasteiger partial charge in [-0.15, -0.1) is 6.58 Å². The predicted octanol–water partition coefficient (Wildman–Crippen LogP) is 3.07. The second-order valence-electron chi connectivity index (χ2n) is 17.4. The van der Waals surface area contributed by atoms with Crippen LogP contribution in [0.25, 0.3) is 0 Å². The molecule has 1 heterocycles. The summed E-state index contributed by atoms with van der Waals surface area (Å²) in [7, 11) is -3.83. The van der Waals surface area contributed by atoms with Crippen molar-refractivity contribution in [1.82, 2.24) is 30.5 Å². The summed E-state index contributed by atoms with van der Waals surface area (Å²) in [5, 5.41) is 11.2. The summed E-state index contributed by atoms with van der Waals surface area (Å²) >= 11 is 0. The SMILES string of the molecule is C=CCNC(=O)C(=O)C(NC(=O)[C@@H]1[C@@H]2[C@H](CN1C(=O)[C@@H](NC(=O)N[C@H](CN(CC1CC1)S(=O)(=O)c1ccccc1)C(C)C)C(C)(C)C)C2(C)C)C1CC1. The third-order valence-electron chi connectivity index (χ3n) is 11.5. The van der Waals surface area contributed by atoms with Crippen molar-refractivity contribution in [2.24, 2.45) is 40.4 Å². The Morgan fingerprint density at radius 3 is 2.19 bits per heavy atom. The second-order valence-corrected chi connectivity index (χ2v) is 19.4. The van der Waals surface area contributed by atoms with Gasteiger partial charge in [0.1, 0.15) is 18.1 Å². The lowest BCUT2D eigenvalue weighted by Gasteiger charge is -2.38. The van der Waals surface area contributed by atoms with Gasteiger partial charge in [-0.3, -0.25) is 19.2 Å². The number of nitrogens with one attached hydrogen (secondary N) is 4. The number of fused-ring (bicyclic) bond motifs is 1. The Hall–Kier alpha value is -3.78. The maximum absolute atomic E-state index is 14.5. The molecule has 53 heavy (non-hydrogen) atoms. The quantitative estimate of drug-likeness (QED) is 0.140. The van der Waals surface area contributed by atoms with Gasteiger partial charge in [0.25, 0.3) is 5.91 Å². The molecule has 0 aromatic heterocycles. The predicted molar refractivity (Wildman–Crippen MR) is 201 cm³/mol. The van der Waals surface area contributed by atoms with E-state index in [2.05, 4.69) is 41.7 Å². The summed E-state index contributed by atoms with van der Waals surface area (Å²) in [5.74, 6) is -2.53. The molecule has 1 aromatic rings. The molecule has 4 fully saturated rings. The fraction of sp³-hybridized carbons (Fsp3) is 0.667. The molecule has 3 aliphatic carbocycles. The molecule has 5 amide bonds. The maximum Gasteiger partial charge on any atom is 0.315 e. The number of hydrogen-bond donors (Lipinski definition) is 4. The molecule has 3 saturated carbocycles. The van der Waals surface area contributed by atoms with Crippen molar-refractivity contribution < 1.29 is 32.4 Å². The zero-order chi connectivity index (χ0) is 39.0. The fourth-order valence-electron chi connectivity index (χ4n) is 7.67. The van der Waals surface area contributed by atoms with Crippen molar-refractivity contribution >= 4 is 39.6 Å². The van der Waals surface area contributed by atoms with Crippen LogP contribution in [0.4, 0.5) is 4.79 Å². The summed E-state index contributed by atoms with van der Waals surface area (Å²) in [5.41, 5.74) is -0.979. The molecule has 4 N–H and O–H groups in total. The Balaban J connectivity index is 1.31. The highest BCUT2D eigenvalue weighted by atomic mass is 32.2. The Morgan fingerprint density at radius 2 is 1.64 bits per heavy atom. The molecule has 1 unspecified atom stereocenters. The van der Waals surface area contributed by atoms with Crippen LogP contribution >= 0.6 is 0 Å². The van der Waals surface area contributed by atoms with E-state index in [1.807, 2.05) is 34.6 Å². The Bertz CT molecular complexity index is 1680. The lowest BCUT2D eigenvalue weighted by Crippen LogP contribution is -2.62. The van der Waals surface area contributed by atoms with E-state index < -0.39 is 69.1 Å². The molecule has 13 nitrogen and oxygen atoms in total. The molecule has 0 spiro atoms. The van der Waals surface area contributed by atoms with Gasteiger partial charge in [0.15, 0.2) is 0 Å². The van der Waals surface area contributed by atoms with Gasteiger partial charge in [-0.1, -0.05) is 72.7 Å². The largest absolute Gasteiger partial charge is 0.346 e. The summed E-state index contributed by atoms with van der Waals surface area (Å²) in [6, 6.07) is 4.18. The lowest BCUT2D eigenvalue weighted by atomic mass is 9.85. The highest BCUT2D eigenvalue weighted by Crippen LogP contribution is 2.65. The molecule has 0 bridgehead atoms. The molecule has 1 saturated heterocycles. The Labute approximate surface area is 314 Å². The van der Waals surface area contributed by atoms with Crippen molar-refractivity contribution in [3.63, 3.8) is 0 Å². The first kappa shape index (κ1) is 40.4. The van der Waals surface area contributed by atoms with Gasteiger partial charge in [0.2, 0.25) is 27.6 Å². The third-order valence-corrected chi connectivity index (χ3v) is 13.4. The zero-order valence-electron chi connectivity index (χ0n) is 32.2. The third kappa shape index (κ3) is 9.13. The van der Waals surface area contributed by atoms with Gasteiger partial charge in [0.05, 0.1) is 4.90 Å². The highest BCUT2D eigenvalue weighted by molar-refractivity contribution is 7.89. The number of piperidine rings is 1. The van der Waals surface area contributed by atoms with Gasteiger partial charge in [-0.2, -0.15) is 4.31 Å². The number of ketones is 1. The van der Waals surface area contributed by atoms with Crippen LogP contribution in [0.1, 0.15) is 74.1 Å². The zero-order valence-corrected chi connectivity index (χ0v) is 33.0. The molecule has 1 aromatic carbocycles. The topological polar surface area (TPSA) is 174 Å². The van der Waals surface area contributed by atoms with Crippen LogP contribution in [0.2, 0.25) is 0 Å². The summed E-state index contributed by atoms with van der Waals surface area (Å²) in [6.07, 6.45) is 4.78. The number of nitrogens with zero attached hydrogens (tertiary/aromatic N) is 2. The molecule has 292 valence electrons. The number of amides is 5. The molecule has 5 rings (SSSR count). The Kier molecular flexibility index (Phi) is 11.8. The number of hydrogen-bond acceptors (Lipinski definition) is 7. The van der Waals surface area contributed by atoms with Crippen LogP contribution in [0.3, 0.4) is 0 Å². The molecule has 14 heteroatoms. The first-order valence-corrected chi connectivity index (χ1v) is 20.4. The van der Waals surface area contributed by atoms with Crippen molar-refractivity contribution in [3.8, 4) is 0 Å². The first-order valence-electron chi connectivity index (χ1n) is 18.9. The second kappa shape index (κ2) is 15.5. The van der Waals surface area contributed by atoms with Gasteiger partial charge >= 0.3 is 6.03 Å². The molecule has 4 aliphatic rings. The van der Waals surface area contributed by atoms with Gasteiger partial charge in [-0.05, 0) is 78.2 Å². The molecule has 0 radical (unpaired) electrons. The number of sulfonamides is 1. The van der Waals surface area contributed by atoms with E-state index in [-0.39, 0.29) is 53.0 Å². The number of carbonyl (C=O) groups is 5. The average molecular weight is 755 g/mol. The van der Waals surface area contributed by atoms with E-state index in [0.29, 0.717) is 25.9 Å². The number of rotatable bonds is 17. The van der Waals surface area contributed by atoms with Gasteiger partial charge < -0.3 is 26.2 Å². The number of benzene rings is 1. The first-order chi connectivity index (χ1) is 24.8. The fourth-order valence-corrected chi connectivity index (χ4v) is 9.23.